The van der Waals surface area contributed by atoms with Gasteiger partial charge in [-0.2, -0.15) is 0 Å². The van der Waals surface area contributed by atoms with Gasteiger partial charge in [0.15, 0.2) is 0 Å². The summed E-state index contributed by atoms with van der Waals surface area (Å²) >= 11 is 0. The topological polar surface area (TPSA) is 106 Å². The lowest BCUT2D eigenvalue weighted by molar-refractivity contribution is -0.123. The number of carbonyl (C=O) groups excluding carboxylic acids is 3. The molecule has 0 spiro atoms. The molecule has 2 aromatic carbocycles. The van der Waals surface area contributed by atoms with Crippen LogP contribution in [-0.4, -0.2) is 36.3 Å². The number of benzene rings is 2. The van der Waals surface area contributed by atoms with E-state index in [1.807, 2.05) is 36.4 Å². The number of fused-ring (bicyclic) bond motifs is 3. The Bertz CT molecular complexity index is 938. The molecule has 1 aliphatic carbocycles. The van der Waals surface area contributed by atoms with Crippen LogP contribution in [0.1, 0.15) is 44.7 Å². The van der Waals surface area contributed by atoms with Crippen molar-refractivity contribution in [2.24, 2.45) is 0 Å². The van der Waals surface area contributed by atoms with Gasteiger partial charge in [0, 0.05) is 5.92 Å². The molecule has 8 heteroatoms. The number of hydrogen-bond donors (Lipinski definition) is 3. The number of carbonyl (C=O) groups is 3. The van der Waals surface area contributed by atoms with Gasteiger partial charge in [-0.25, -0.2) is 15.0 Å². The molecular formula is C23H27N3O5. The lowest BCUT2D eigenvalue weighted by Crippen LogP contribution is -2.52. The molecule has 1 atom stereocenters. The van der Waals surface area contributed by atoms with Crippen LogP contribution in [0, 0.1) is 0 Å². The average molecular weight is 425 g/mol. The minimum absolute atomic E-state index is 0.0730. The Balaban J connectivity index is 1.51. The second-order valence-corrected chi connectivity index (χ2v) is 8.31. The third-order valence-electron chi connectivity index (χ3n) is 4.76. The van der Waals surface area contributed by atoms with Gasteiger partial charge < -0.3 is 14.8 Å². The molecule has 0 bridgehead atoms. The largest absolute Gasteiger partial charge is 0.449 e. The number of ether oxygens (including phenoxy) is 2. The van der Waals surface area contributed by atoms with Crippen molar-refractivity contribution in [3.8, 4) is 11.1 Å². The fourth-order valence-corrected chi connectivity index (χ4v) is 3.41. The normalized spacial score (nSPS) is 13.4. The van der Waals surface area contributed by atoms with E-state index in [0.717, 1.165) is 22.3 Å². The summed E-state index contributed by atoms with van der Waals surface area (Å²) in [6.07, 6.45) is -1.52. The maximum absolute atomic E-state index is 12.2. The maximum Gasteiger partial charge on any atom is 0.426 e. The first-order valence-corrected chi connectivity index (χ1v) is 10.1. The second kappa shape index (κ2) is 9.07. The first kappa shape index (κ1) is 22.1. The summed E-state index contributed by atoms with van der Waals surface area (Å²) in [5.41, 5.74) is 8.11. The molecule has 0 unspecified atom stereocenters. The van der Waals surface area contributed by atoms with Gasteiger partial charge in [-0.1, -0.05) is 48.5 Å². The predicted molar refractivity (Wildman–Crippen MR) is 115 cm³/mol. The van der Waals surface area contributed by atoms with Crippen molar-refractivity contribution in [3.05, 3.63) is 59.7 Å². The van der Waals surface area contributed by atoms with Crippen LogP contribution in [0.5, 0.6) is 0 Å². The van der Waals surface area contributed by atoms with Gasteiger partial charge in [-0.05, 0) is 49.9 Å². The van der Waals surface area contributed by atoms with Crippen molar-refractivity contribution in [1.29, 1.82) is 0 Å². The molecule has 0 radical (unpaired) electrons. The van der Waals surface area contributed by atoms with E-state index >= 15 is 0 Å². The van der Waals surface area contributed by atoms with E-state index in [9.17, 15) is 14.4 Å². The highest BCUT2D eigenvalue weighted by Crippen LogP contribution is 2.44. The quantitative estimate of drug-likeness (QED) is 0.651. The zero-order valence-corrected chi connectivity index (χ0v) is 18.0. The van der Waals surface area contributed by atoms with E-state index in [0.29, 0.717) is 0 Å². The molecule has 1 aliphatic rings. The molecule has 2 aromatic rings. The van der Waals surface area contributed by atoms with Crippen LogP contribution in [0.25, 0.3) is 11.1 Å². The van der Waals surface area contributed by atoms with Gasteiger partial charge in [-0.3, -0.25) is 10.2 Å². The van der Waals surface area contributed by atoms with Crippen molar-refractivity contribution in [2.75, 3.05) is 6.61 Å². The van der Waals surface area contributed by atoms with Crippen molar-refractivity contribution < 1.29 is 23.9 Å². The Morgan fingerprint density at radius 3 is 2.00 bits per heavy atom. The molecule has 3 N–H and O–H groups in total. The van der Waals surface area contributed by atoms with Crippen molar-refractivity contribution in [1.82, 2.24) is 16.2 Å². The average Bonchev–Trinajstić information content (AvgIpc) is 3.03. The second-order valence-electron chi connectivity index (χ2n) is 8.31. The minimum atomic E-state index is -0.925. The molecule has 0 saturated heterocycles. The summed E-state index contributed by atoms with van der Waals surface area (Å²) in [5.74, 6) is -0.685. The number of hydrazine groups is 1. The molecule has 0 saturated carbocycles. The summed E-state index contributed by atoms with van der Waals surface area (Å²) < 4.78 is 10.4. The van der Waals surface area contributed by atoms with Crippen LogP contribution in [0.2, 0.25) is 0 Å². The number of hydrogen-bond acceptors (Lipinski definition) is 5. The number of rotatable bonds is 4. The number of amides is 3. The molecule has 3 rings (SSSR count). The van der Waals surface area contributed by atoms with Crippen LogP contribution in [0.15, 0.2) is 48.5 Å². The van der Waals surface area contributed by atoms with E-state index < -0.39 is 29.7 Å². The summed E-state index contributed by atoms with van der Waals surface area (Å²) in [6, 6.07) is 15.1. The highest BCUT2D eigenvalue weighted by molar-refractivity contribution is 5.86. The van der Waals surface area contributed by atoms with Gasteiger partial charge in [0.25, 0.3) is 5.91 Å². The molecule has 0 heterocycles. The molecule has 0 fully saturated rings. The van der Waals surface area contributed by atoms with E-state index in [1.54, 1.807) is 20.8 Å². The van der Waals surface area contributed by atoms with Crippen molar-refractivity contribution in [2.45, 2.75) is 45.3 Å². The Hall–Kier alpha value is -3.55. The van der Waals surface area contributed by atoms with E-state index in [-0.39, 0.29) is 12.5 Å². The highest BCUT2D eigenvalue weighted by atomic mass is 16.6. The molecule has 0 aliphatic heterocycles. The lowest BCUT2D eigenvalue weighted by atomic mass is 9.98. The summed E-state index contributed by atoms with van der Waals surface area (Å²) in [7, 11) is 0. The maximum atomic E-state index is 12.2. The standard InChI is InChI=1S/C23H27N3O5/c1-14(20(27)25-26-22(29)31-23(2,3)4)24-21(28)30-13-19-17-11-7-5-9-15(17)16-10-6-8-12-18(16)19/h5-12,14,19H,13H2,1-4H3,(H,24,28)(H,25,27)(H,26,29)/t14-/m0/s1. The van der Waals surface area contributed by atoms with Crippen LogP contribution in [-0.2, 0) is 14.3 Å². The Labute approximate surface area is 181 Å². The smallest absolute Gasteiger partial charge is 0.426 e. The molecule has 0 aromatic heterocycles. The van der Waals surface area contributed by atoms with Crippen LogP contribution >= 0.6 is 0 Å². The third-order valence-corrected chi connectivity index (χ3v) is 4.76. The van der Waals surface area contributed by atoms with Crippen LogP contribution < -0.4 is 16.2 Å². The van der Waals surface area contributed by atoms with Gasteiger partial charge in [0.05, 0.1) is 0 Å². The van der Waals surface area contributed by atoms with Gasteiger partial charge in [0.1, 0.15) is 18.2 Å². The Morgan fingerprint density at radius 2 is 1.45 bits per heavy atom. The van der Waals surface area contributed by atoms with Crippen LogP contribution in [0.3, 0.4) is 0 Å². The summed E-state index contributed by atoms with van der Waals surface area (Å²) in [5, 5.41) is 2.46. The minimum Gasteiger partial charge on any atom is -0.449 e. The monoisotopic (exact) mass is 425 g/mol. The molecule has 31 heavy (non-hydrogen) atoms. The first-order chi connectivity index (χ1) is 14.7. The molecular weight excluding hydrogens is 398 g/mol. The molecule has 164 valence electrons. The van der Waals surface area contributed by atoms with Crippen LogP contribution in [0.4, 0.5) is 9.59 Å². The van der Waals surface area contributed by atoms with Crippen molar-refractivity contribution >= 4 is 18.1 Å². The van der Waals surface area contributed by atoms with E-state index in [4.69, 9.17) is 9.47 Å². The van der Waals surface area contributed by atoms with E-state index in [1.165, 1.54) is 6.92 Å². The van der Waals surface area contributed by atoms with Crippen molar-refractivity contribution in [3.63, 3.8) is 0 Å². The zero-order valence-electron chi connectivity index (χ0n) is 18.0. The predicted octanol–water partition coefficient (Wildman–Crippen LogP) is 3.47. The fraction of sp³-hybridized carbons (Fsp3) is 0.348. The third kappa shape index (κ3) is 5.53. The van der Waals surface area contributed by atoms with Gasteiger partial charge >= 0.3 is 12.2 Å². The SMILES string of the molecule is C[C@H](NC(=O)OCC1c2ccccc2-c2ccccc21)C(=O)NNC(=O)OC(C)(C)C. The lowest BCUT2D eigenvalue weighted by Gasteiger charge is -2.20. The van der Waals surface area contributed by atoms with Gasteiger partial charge in [0.2, 0.25) is 0 Å². The summed E-state index contributed by atoms with van der Waals surface area (Å²) in [4.78, 5) is 35.9. The molecule has 8 nitrogen and oxygen atoms in total. The fourth-order valence-electron chi connectivity index (χ4n) is 3.41. The van der Waals surface area contributed by atoms with Gasteiger partial charge in [-0.15, -0.1) is 0 Å². The Kier molecular flexibility index (Phi) is 6.48. The first-order valence-electron chi connectivity index (χ1n) is 10.1. The summed E-state index contributed by atoms with van der Waals surface area (Å²) in [6.45, 7) is 6.74. The highest BCUT2D eigenvalue weighted by Gasteiger charge is 2.29. The Morgan fingerprint density at radius 1 is 0.903 bits per heavy atom. The zero-order chi connectivity index (χ0) is 22.6. The van der Waals surface area contributed by atoms with E-state index in [2.05, 4.69) is 28.3 Å². The molecule has 3 amide bonds. The number of alkyl carbamates (subject to hydrolysis) is 1. The number of nitrogens with one attached hydrogen (secondary N) is 3.